The summed E-state index contributed by atoms with van der Waals surface area (Å²) in [6, 6.07) is 4.98. The third-order valence-electron chi connectivity index (χ3n) is 2.47. The van der Waals surface area contributed by atoms with Gasteiger partial charge in [-0.3, -0.25) is 0 Å². The topological polar surface area (TPSA) is 98.2 Å². The Hall–Kier alpha value is -1.77. The molecule has 0 aliphatic carbocycles. The number of sulfonamides is 1. The number of hydrogen-bond acceptors (Lipinski definition) is 5. The van der Waals surface area contributed by atoms with Gasteiger partial charge in [-0.15, -0.1) is 0 Å². The molecule has 2 aromatic rings. The third-order valence-corrected chi connectivity index (χ3v) is 3.96. The van der Waals surface area contributed by atoms with Crippen molar-refractivity contribution in [3.05, 3.63) is 47.6 Å². The molecule has 3 N–H and O–H groups in total. The summed E-state index contributed by atoms with van der Waals surface area (Å²) in [4.78, 5) is -0.168. The van der Waals surface area contributed by atoms with Crippen LogP contribution in [0.1, 0.15) is 11.3 Å². The van der Waals surface area contributed by atoms with E-state index >= 15 is 0 Å². The first-order valence-corrected chi connectivity index (χ1v) is 6.88. The highest BCUT2D eigenvalue weighted by Crippen LogP contribution is 2.17. The summed E-state index contributed by atoms with van der Waals surface area (Å²) in [5, 5.41) is 3.57. The molecule has 0 saturated carbocycles. The van der Waals surface area contributed by atoms with Gasteiger partial charge in [-0.25, -0.2) is 17.5 Å². The van der Waals surface area contributed by atoms with E-state index in [9.17, 15) is 12.8 Å². The molecule has 0 saturated heterocycles. The second-order valence-electron chi connectivity index (χ2n) is 3.77. The molecule has 1 heterocycles. The van der Waals surface area contributed by atoms with Crippen molar-refractivity contribution in [1.29, 1.82) is 0 Å². The Morgan fingerprint density at radius 3 is 2.79 bits per heavy atom. The fourth-order valence-electron chi connectivity index (χ4n) is 1.52. The van der Waals surface area contributed by atoms with Crippen LogP contribution in [0.2, 0.25) is 0 Å². The van der Waals surface area contributed by atoms with Crippen LogP contribution < -0.4 is 10.5 Å². The molecule has 1 aromatic carbocycles. The van der Waals surface area contributed by atoms with Gasteiger partial charge in [-0.2, -0.15) is 0 Å². The predicted octanol–water partition coefficient (Wildman–Crippen LogP) is 0.751. The molecule has 0 atom stereocenters. The quantitative estimate of drug-likeness (QED) is 0.844. The van der Waals surface area contributed by atoms with Crippen LogP contribution in [-0.4, -0.2) is 13.6 Å². The van der Waals surface area contributed by atoms with Crippen LogP contribution in [0.25, 0.3) is 0 Å². The Balaban J connectivity index is 2.26. The normalized spacial score (nSPS) is 11.7. The van der Waals surface area contributed by atoms with Crippen molar-refractivity contribution in [2.75, 3.05) is 0 Å². The molecular weight excluding hydrogens is 273 g/mol. The van der Waals surface area contributed by atoms with Gasteiger partial charge in [0, 0.05) is 12.6 Å². The van der Waals surface area contributed by atoms with Gasteiger partial charge in [0.1, 0.15) is 12.1 Å². The highest BCUT2D eigenvalue weighted by atomic mass is 32.2. The molecule has 19 heavy (non-hydrogen) atoms. The Morgan fingerprint density at radius 2 is 2.16 bits per heavy atom. The fourth-order valence-corrected chi connectivity index (χ4v) is 2.78. The molecule has 8 heteroatoms. The van der Waals surface area contributed by atoms with Crippen LogP contribution in [0.4, 0.5) is 4.39 Å². The summed E-state index contributed by atoms with van der Waals surface area (Å²) in [5.41, 5.74) is 6.21. The maximum Gasteiger partial charge on any atom is 0.241 e. The number of halogens is 1. The second kappa shape index (κ2) is 5.47. The molecule has 0 fully saturated rings. The molecule has 0 bridgehead atoms. The van der Waals surface area contributed by atoms with E-state index in [0.29, 0.717) is 11.3 Å². The third kappa shape index (κ3) is 3.16. The number of benzene rings is 1. The minimum absolute atomic E-state index is 0.000480. The number of hydrogen-bond donors (Lipinski definition) is 2. The average Bonchev–Trinajstić information content (AvgIpc) is 2.89. The van der Waals surface area contributed by atoms with E-state index in [1.165, 1.54) is 24.5 Å². The highest BCUT2D eigenvalue weighted by Gasteiger charge is 2.19. The largest absolute Gasteiger partial charge is 0.364 e. The number of aromatic nitrogens is 1. The van der Waals surface area contributed by atoms with Crippen LogP contribution in [-0.2, 0) is 23.1 Å². The van der Waals surface area contributed by atoms with E-state index in [1.54, 1.807) is 0 Å². The minimum atomic E-state index is -3.85. The van der Waals surface area contributed by atoms with Gasteiger partial charge in [0.2, 0.25) is 10.0 Å². The smallest absolute Gasteiger partial charge is 0.241 e. The molecule has 1 aromatic heterocycles. The number of rotatable bonds is 5. The Morgan fingerprint density at radius 1 is 1.37 bits per heavy atom. The van der Waals surface area contributed by atoms with Crippen molar-refractivity contribution in [3.8, 4) is 0 Å². The number of nitrogens with one attached hydrogen (secondary N) is 1. The lowest BCUT2D eigenvalue weighted by atomic mass is 10.2. The number of nitrogens with zero attached hydrogens (tertiary/aromatic N) is 1. The Labute approximate surface area is 109 Å². The van der Waals surface area contributed by atoms with Crippen LogP contribution >= 0.6 is 0 Å². The first kappa shape index (κ1) is 13.7. The molecule has 0 aliphatic rings. The van der Waals surface area contributed by atoms with E-state index in [0.717, 1.165) is 6.07 Å². The highest BCUT2D eigenvalue weighted by molar-refractivity contribution is 7.89. The summed E-state index contributed by atoms with van der Waals surface area (Å²) < 4.78 is 44.2. The van der Waals surface area contributed by atoms with Gasteiger partial charge in [0.05, 0.1) is 17.1 Å². The summed E-state index contributed by atoms with van der Waals surface area (Å²) in [6.45, 7) is -0.0418. The maximum absolute atomic E-state index is 13.2. The first-order valence-electron chi connectivity index (χ1n) is 5.40. The van der Waals surface area contributed by atoms with E-state index in [-0.39, 0.29) is 18.0 Å². The summed E-state index contributed by atoms with van der Waals surface area (Å²) in [6.07, 6.45) is 1.33. The lowest BCUT2D eigenvalue weighted by Crippen LogP contribution is -2.25. The van der Waals surface area contributed by atoms with Gasteiger partial charge >= 0.3 is 0 Å². The molecule has 0 spiro atoms. The summed E-state index contributed by atoms with van der Waals surface area (Å²) in [5.74, 6) is -0.640. The molecule has 2 rings (SSSR count). The summed E-state index contributed by atoms with van der Waals surface area (Å²) in [7, 11) is -3.85. The van der Waals surface area contributed by atoms with Crippen molar-refractivity contribution in [2.24, 2.45) is 5.73 Å². The zero-order valence-corrected chi connectivity index (χ0v) is 10.7. The van der Waals surface area contributed by atoms with Crippen LogP contribution in [0.5, 0.6) is 0 Å². The molecule has 0 amide bonds. The Bertz CT molecular complexity index is 656. The second-order valence-corrected chi connectivity index (χ2v) is 5.51. The zero-order valence-electron chi connectivity index (χ0n) is 9.84. The van der Waals surface area contributed by atoms with Crippen molar-refractivity contribution in [2.45, 2.75) is 18.0 Å². The van der Waals surface area contributed by atoms with Crippen molar-refractivity contribution >= 4 is 10.0 Å². The van der Waals surface area contributed by atoms with Crippen LogP contribution in [0.15, 0.2) is 39.9 Å². The molecule has 6 nitrogen and oxygen atoms in total. The number of nitrogens with two attached hydrogens (primary N) is 1. The van der Waals surface area contributed by atoms with E-state index in [1.807, 2.05) is 0 Å². The van der Waals surface area contributed by atoms with Gasteiger partial charge < -0.3 is 10.3 Å². The van der Waals surface area contributed by atoms with E-state index in [4.69, 9.17) is 5.73 Å². The van der Waals surface area contributed by atoms with Gasteiger partial charge in [0.15, 0.2) is 0 Å². The first-order chi connectivity index (χ1) is 9.03. The van der Waals surface area contributed by atoms with Crippen LogP contribution in [0.3, 0.4) is 0 Å². The average molecular weight is 285 g/mol. The SMILES string of the molecule is NCc1ccc(F)cc1S(=O)(=O)NCc1ccon1. The maximum atomic E-state index is 13.2. The molecule has 0 radical (unpaired) electrons. The minimum Gasteiger partial charge on any atom is -0.364 e. The fraction of sp³-hybridized carbons (Fsp3) is 0.182. The summed E-state index contributed by atoms with van der Waals surface area (Å²) >= 11 is 0. The standard InChI is InChI=1S/C11H12FN3O3S/c12-9-2-1-8(6-13)11(5-9)19(16,17)14-7-10-3-4-18-15-10/h1-5,14H,6-7,13H2. The lowest BCUT2D eigenvalue weighted by Gasteiger charge is -2.09. The molecule has 0 aliphatic heterocycles. The van der Waals surface area contributed by atoms with E-state index in [2.05, 4.69) is 14.4 Å². The molecule has 0 unspecified atom stereocenters. The lowest BCUT2D eigenvalue weighted by molar-refractivity contribution is 0.411. The van der Waals surface area contributed by atoms with Crippen LogP contribution in [0, 0.1) is 5.82 Å². The Kier molecular flexibility index (Phi) is 3.93. The monoisotopic (exact) mass is 285 g/mol. The van der Waals surface area contributed by atoms with Gasteiger partial charge in [-0.1, -0.05) is 11.2 Å². The zero-order chi connectivity index (χ0) is 13.9. The molecular formula is C11H12FN3O3S. The van der Waals surface area contributed by atoms with E-state index < -0.39 is 15.8 Å². The van der Waals surface area contributed by atoms with Gasteiger partial charge in [-0.05, 0) is 17.7 Å². The van der Waals surface area contributed by atoms with Crippen molar-refractivity contribution in [3.63, 3.8) is 0 Å². The van der Waals surface area contributed by atoms with Gasteiger partial charge in [0.25, 0.3) is 0 Å². The van der Waals surface area contributed by atoms with Crippen molar-refractivity contribution in [1.82, 2.24) is 9.88 Å². The predicted molar refractivity (Wildman–Crippen MR) is 64.8 cm³/mol. The van der Waals surface area contributed by atoms with Crippen molar-refractivity contribution < 1.29 is 17.3 Å². The molecule has 102 valence electrons.